The number of hydrogen-bond acceptors (Lipinski definition) is 6. The second-order valence-electron chi connectivity index (χ2n) is 11.6. The maximum absolute atomic E-state index is 12.6. The van der Waals surface area contributed by atoms with Crippen LogP contribution in [0.3, 0.4) is 0 Å². The van der Waals surface area contributed by atoms with Crippen molar-refractivity contribution in [3.05, 3.63) is 11.6 Å². The van der Waals surface area contributed by atoms with Crippen LogP contribution in [0.5, 0.6) is 0 Å². The molecule has 7 nitrogen and oxygen atoms in total. The van der Waals surface area contributed by atoms with Gasteiger partial charge in [-0.05, 0) is 68.1 Å². The van der Waals surface area contributed by atoms with Crippen LogP contribution in [0.2, 0.25) is 0 Å². The standard InChI is InChI=1S/C26H37NO6/c1-15(28)31-14-25(22(27)30)26(33-25)12-9-21-19-6-5-17-13-18(32-16(2)29)7-10-23(17,3)20(19)8-11-24(21,26)4/h5,18-21H,6-14H2,1-4H3,(H2,27,30)/t18-,19-,20+,21-,23-,24-,25+,26-/m0/s1. The summed E-state index contributed by atoms with van der Waals surface area (Å²) in [5, 5.41) is 0. The fourth-order valence-electron chi connectivity index (χ4n) is 8.73. The number of amides is 1. The molecule has 4 fully saturated rings. The van der Waals surface area contributed by atoms with E-state index in [4.69, 9.17) is 19.9 Å². The van der Waals surface area contributed by atoms with Crippen LogP contribution in [0.15, 0.2) is 11.6 Å². The number of ether oxygens (including phenoxy) is 3. The quantitative estimate of drug-likeness (QED) is 0.392. The van der Waals surface area contributed by atoms with E-state index in [1.165, 1.54) is 19.4 Å². The number of fused-ring (bicyclic) bond motifs is 6. The van der Waals surface area contributed by atoms with Gasteiger partial charge in [0.15, 0.2) is 0 Å². The van der Waals surface area contributed by atoms with Gasteiger partial charge in [0.1, 0.15) is 18.3 Å². The molecule has 182 valence electrons. The van der Waals surface area contributed by atoms with Crippen molar-refractivity contribution in [3.8, 4) is 0 Å². The molecule has 5 rings (SSSR count). The average molecular weight is 460 g/mol. The molecule has 0 aromatic carbocycles. The summed E-state index contributed by atoms with van der Waals surface area (Å²) >= 11 is 0. The van der Waals surface area contributed by atoms with E-state index in [-0.39, 0.29) is 29.5 Å². The predicted octanol–water partition coefficient (Wildman–Crippen LogP) is 3.44. The molecule has 5 aliphatic rings. The topological polar surface area (TPSA) is 108 Å². The minimum absolute atomic E-state index is 0.000644. The molecule has 7 heteroatoms. The average Bonchev–Trinajstić information content (AvgIpc) is 3.33. The molecule has 1 saturated heterocycles. The lowest BCUT2D eigenvalue weighted by atomic mass is 9.47. The zero-order chi connectivity index (χ0) is 23.8. The van der Waals surface area contributed by atoms with Gasteiger partial charge in [-0.1, -0.05) is 25.5 Å². The minimum atomic E-state index is -1.20. The molecule has 1 aliphatic heterocycles. The zero-order valence-corrected chi connectivity index (χ0v) is 20.3. The van der Waals surface area contributed by atoms with Gasteiger partial charge < -0.3 is 19.9 Å². The van der Waals surface area contributed by atoms with E-state index in [0.717, 1.165) is 51.4 Å². The largest absolute Gasteiger partial charge is 0.462 e. The van der Waals surface area contributed by atoms with Crippen molar-refractivity contribution < 1.29 is 28.6 Å². The molecule has 1 heterocycles. The minimum Gasteiger partial charge on any atom is -0.462 e. The Bertz CT molecular complexity index is 930. The van der Waals surface area contributed by atoms with E-state index in [1.807, 2.05) is 0 Å². The molecule has 33 heavy (non-hydrogen) atoms. The summed E-state index contributed by atoms with van der Waals surface area (Å²) in [5.74, 6) is 0.417. The number of primary amides is 1. The SMILES string of the molecule is CC(=O)OC[C@]1(C(N)=O)O[C@]12CC[C@H]1[C@H]3CC=C4C[C@@H](OC(C)=O)CC[C@]4(C)[C@@H]3CC[C@@]12C. The molecule has 4 aliphatic carbocycles. The van der Waals surface area contributed by atoms with Crippen molar-refractivity contribution in [2.45, 2.75) is 96.4 Å². The smallest absolute Gasteiger partial charge is 0.302 e. The summed E-state index contributed by atoms with van der Waals surface area (Å²) in [6.45, 7) is 7.43. The maximum atomic E-state index is 12.6. The molecule has 0 unspecified atom stereocenters. The molecule has 3 saturated carbocycles. The number of carbonyl (C=O) groups is 3. The third-order valence-electron chi connectivity index (χ3n) is 10.3. The first-order valence-corrected chi connectivity index (χ1v) is 12.5. The van der Waals surface area contributed by atoms with Crippen LogP contribution in [-0.4, -0.2) is 41.8 Å². The number of hydrogen-bond donors (Lipinski definition) is 1. The lowest BCUT2D eigenvalue weighted by Gasteiger charge is -2.58. The van der Waals surface area contributed by atoms with Gasteiger partial charge in [-0.3, -0.25) is 14.4 Å². The molecular weight excluding hydrogens is 422 g/mol. The normalized spacial score (nSPS) is 47.6. The molecule has 2 N–H and O–H groups in total. The summed E-state index contributed by atoms with van der Waals surface area (Å²) in [6.07, 6.45) is 10.1. The van der Waals surface area contributed by atoms with Gasteiger partial charge in [-0.2, -0.15) is 0 Å². The van der Waals surface area contributed by atoms with Gasteiger partial charge >= 0.3 is 11.9 Å². The number of allylic oxidation sites excluding steroid dienone is 1. The van der Waals surface area contributed by atoms with Crippen molar-refractivity contribution in [1.82, 2.24) is 0 Å². The Labute approximate surface area is 195 Å². The summed E-state index contributed by atoms with van der Waals surface area (Å²) in [4.78, 5) is 35.5. The first-order valence-electron chi connectivity index (χ1n) is 12.5. The van der Waals surface area contributed by atoms with Gasteiger partial charge in [0, 0.05) is 25.7 Å². The molecule has 8 atom stereocenters. The van der Waals surface area contributed by atoms with E-state index < -0.39 is 23.1 Å². The number of esters is 2. The molecular formula is C26H37NO6. The Kier molecular flexibility index (Phi) is 5.06. The van der Waals surface area contributed by atoms with Crippen molar-refractivity contribution in [2.24, 2.45) is 34.3 Å². The highest BCUT2D eigenvalue weighted by atomic mass is 16.7. The molecule has 1 amide bonds. The van der Waals surface area contributed by atoms with E-state index in [9.17, 15) is 14.4 Å². The van der Waals surface area contributed by atoms with Gasteiger partial charge in [-0.15, -0.1) is 0 Å². The lowest BCUT2D eigenvalue weighted by molar-refractivity contribution is -0.148. The Balaban J connectivity index is 1.40. The summed E-state index contributed by atoms with van der Waals surface area (Å²) in [7, 11) is 0. The second-order valence-corrected chi connectivity index (χ2v) is 11.6. The number of rotatable bonds is 4. The van der Waals surface area contributed by atoms with Crippen LogP contribution in [0.25, 0.3) is 0 Å². The zero-order valence-electron chi connectivity index (χ0n) is 20.3. The Morgan fingerprint density at radius 1 is 1.06 bits per heavy atom. The molecule has 0 aromatic heterocycles. The Morgan fingerprint density at radius 2 is 1.79 bits per heavy atom. The summed E-state index contributed by atoms with van der Waals surface area (Å²) < 4.78 is 17.1. The van der Waals surface area contributed by atoms with Crippen LogP contribution in [-0.2, 0) is 28.6 Å². The summed E-state index contributed by atoms with van der Waals surface area (Å²) in [6, 6.07) is 0. The highest BCUT2D eigenvalue weighted by molar-refractivity contribution is 5.89. The van der Waals surface area contributed by atoms with Crippen LogP contribution in [0, 0.1) is 28.6 Å². The fourth-order valence-corrected chi connectivity index (χ4v) is 8.73. The van der Waals surface area contributed by atoms with Gasteiger partial charge in [-0.25, -0.2) is 0 Å². The Morgan fingerprint density at radius 3 is 2.45 bits per heavy atom. The van der Waals surface area contributed by atoms with Crippen LogP contribution < -0.4 is 5.73 Å². The third kappa shape index (κ3) is 3.00. The Hall–Kier alpha value is -1.89. The van der Waals surface area contributed by atoms with Crippen LogP contribution in [0.1, 0.15) is 79.1 Å². The number of nitrogens with two attached hydrogens (primary N) is 1. The van der Waals surface area contributed by atoms with Gasteiger partial charge in [0.05, 0.1) is 0 Å². The van der Waals surface area contributed by atoms with Crippen LogP contribution >= 0.6 is 0 Å². The van der Waals surface area contributed by atoms with Crippen LogP contribution in [0.4, 0.5) is 0 Å². The van der Waals surface area contributed by atoms with Crippen molar-refractivity contribution in [1.29, 1.82) is 0 Å². The van der Waals surface area contributed by atoms with Crippen molar-refractivity contribution >= 4 is 17.8 Å². The van der Waals surface area contributed by atoms with E-state index in [0.29, 0.717) is 17.8 Å². The molecule has 1 spiro atoms. The summed E-state index contributed by atoms with van der Waals surface area (Å²) in [5.41, 5.74) is 5.44. The van der Waals surface area contributed by atoms with E-state index in [1.54, 1.807) is 0 Å². The lowest BCUT2D eigenvalue weighted by Crippen LogP contribution is -2.55. The maximum Gasteiger partial charge on any atom is 0.302 e. The highest BCUT2D eigenvalue weighted by Crippen LogP contribution is 2.75. The fraction of sp³-hybridized carbons (Fsp3) is 0.808. The highest BCUT2D eigenvalue weighted by Gasteiger charge is 2.84. The van der Waals surface area contributed by atoms with Gasteiger partial charge in [0.25, 0.3) is 5.91 Å². The van der Waals surface area contributed by atoms with E-state index >= 15 is 0 Å². The van der Waals surface area contributed by atoms with E-state index in [2.05, 4.69) is 19.9 Å². The second kappa shape index (κ2) is 7.30. The first-order chi connectivity index (χ1) is 15.5. The van der Waals surface area contributed by atoms with Crippen molar-refractivity contribution in [2.75, 3.05) is 6.61 Å². The monoisotopic (exact) mass is 459 g/mol. The molecule has 0 radical (unpaired) electrons. The molecule has 0 aromatic rings. The van der Waals surface area contributed by atoms with Gasteiger partial charge in [0.2, 0.25) is 5.60 Å². The van der Waals surface area contributed by atoms with Crippen molar-refractivity contribution in [3.63, 3.8) is 0 Å². The number of epoxide rings is 1. The molecule has 0 bridgehead atoms. The third-order valence-corrected chi connectivity index (χ3v) is 10.3. The first kappa shape index (κ1) is 22.9. The number of carbonyl (C=O) groups excluding carboxylic acids is 3. The predicted molar refractivity (Wildman–Crippen MR) is 120 cm³/mol.